The lowest BCUT2D eigenvalue weighted by atomic mass is 9.96. The molecule has 2 aromatic rings. The lowest BCUT2D eigenvalue weighted by molar-refractivity contribution is -0.114. The Balaban J connectivity index is 2.66. The Morgan fingerprint density at radius 3 is 2.43 bits per heavy atom. The molecule has 21 heavy (non-hydrogen) atoms. The number of Topliss-reactive ketones (excluding diaryl/α,β-unsaturated/α-hetero) is 2. The van der Waals surface area contributed by atoms with Crippen LogP contribution in [0.4, 0.5) is 0 Å². The van der Waals surface area contributed by atoms with E-state index in [4.69, 9.17) is 0 Å². The zero-order valence-corrected chi connectivity index (χ0v) is 12.4. The van der Waals surface area contributed by atoms with Crippen molar-refractivity contribution in [3.05, 3.63) is 57.4 Å². The monoisotopic (exact) mass is 283 g/mol. The van der Waals surface area contributed by atoms with Gasteiger partial charge in [0, 0.05) is 29.0 Å². The molecule has 4 nitrogen and oxygen atoms in total. The minimum atomic E-state index is -0.324. The molecule has 1 N–H and O–H groups in total. The first-order chi connectivity index (χ1) is 9.79. The molecule has 0 amide bonds. The van der Waals surface area contributed by atoms with E-state index >= 15 is 0 Å². The molecule has 0 atom stereocenters. The molecule has 0 radical (unpaired) electrons. The zero-order valence-electron chi connectivity index (χ0n) is 12.4. The summed E-state index contributed by atoms with van der Waals surface area (Å²) in [6, 6.07) is 4.93. The number of fused-ring (bicyclic) bond motifs is 1. The van der Waals surface area contributed by atoms with Crippen LogP contribution in [-0.4, -0.2) is 16.6 Å². The summed E-state index contributed by atoms with van der Waals surface area (Å²) >= 11 is 0. The third kappa shape index (κ3) is 2.99. The van der Waals surface area contributed by atoms with Gasteiger partial charge in [0.05, 0.1) is 0 Å². The molecule has 0 fully saturated rings. The maximum atomic E-state index is 11.8. The second kappa shape index (κ2) is 5.48. The summed E-state index contributed by atoms with van der Waals surface area (Å²) in [6.45, 7) is 8.61. The first-order valence-electron chi connectivity index (χ1n) is 6.66. The molecule has 0 spiro atoms. The van der Waals surface area contributed by atoms with E-state index in [1.807, 2.05) is 13.0 Å². The summed E-state index contributed by atoms with van der Waals surface area (Å²) in [5.74, 6) is -0.196. The van der Waals surface area contributed by atoms with Crippen molar-refractivity contribution in [2.24, 2.45) is 0 Å². The summed E-state index contributed by atoms with van der Waals surface area (Å²) in [7, 11) is 0. The Hall–Kier alpha value is -2.49. The Kier molecular flexibility index (Phi) is 3.89. The van der Waals surface area contributed by atoms with Gasteiger partial charge in [-0.1, -0.05) is 12.6 Å². The van der Waals surface area contributed by atoms with Gasteiger partial charge in [-0.05, 0) is 43.5 Å². The molecular weight excluding hydrogens is 266 g/mol. The molecule has 1 heterocycles. The lowest BCUT2D eigenvalue weighted by Gasteiger charge is -2.10. The van der Waals surface area contributed by atoms with Crippen LogP contribution in [0.5, 0.6) is 0 Å². The number of H-pyrrole nitrogens is 1. The van der Waals surface area contributed by atoms with Crippen LogP contribution in [0.2, 0.25) is 0 Å². The number of nitrogens with one attached hydrogen (secondary N) is 1. The molecule has 1 aromatic carbocycles. The van der Waals surface area contributed by atoms with Crippen molar-refractivity contribution in [3.63, 3.8) is 0 Å². The smallest absolute Gasteiger partial charge is 0.249 e. The number of hydrogen-bond donors (Lipinski definition) is 1. The molecule has 0 unspecified atom stereocenters. The summed E-state index contributed by atoms with van der Waals surface area (Å²) in [6.07, 6.45) is 0.235. The predicted molar refractivity (Wildman–Crippen MR) is 82.8 cm³/mol. The highest BCUT2D eigenvalue weighted by Crippen LogP contribution is 2.23. The summed E-state index contributed by atoms with van der Waals surface area (Å²) in [5, 5.41) is 0.730. The van der Waals surface area contributed by atoms with Crippen LogP contribution in [0.3, 0.4) is 0 Å². The van der Waals surface area contributed by atoms with Crippen molar-refractivity contribution in [3.8, 4) is 0 Å². The molecule has 0 saturated heterocycles. The van der Waals surface area contributed by atoms with Crippen molar-refractivity contribution < 1.29 is 9.59 Å². The number of carbonyl (C=O) groups is 2. The molecule has 4 heteroatoms. The van der Waals surface area contributed by atoms with Gasteiger partial charge in [0.2, 0.25) is 5.56 Å². The molecule has 0 saturated carbocycles. The second-order valence-corrected chi connectivity index (χ2v) is 5.32. The standard InChI is InChI=1S/C17H17NO3/c1-9(2)15(20)7-12-5-10(3)17-13(11(4)19)8-16(21)18-14(17)6-12/h5-6,8H,1,7H2,2-4H3,(H,18,21). The molecule has 0 aliphatic carbocycles. The molecule has 2 rings (SSSR count). The largest absolute Gasteiger partial charge is 0.322 e. The van der Waals surface area contributed by atoms with E-state index in [1.54, 1.807) is 13.0 Å². The highest BCUT2D eigenvalue weighted by Gasteiger charge is 2.13. The van der Waals surface area contributed by atoms with E-state index in [0.717, 1.165) is 16.5 Å². The van der Waals surface area contributed by atoms with E-state index in [-0.39, 0.29) is 23.5 Å². The number of pyridine rings is 1. The fourth-order valence-corrected chi connectivity index (χ4v) is 2.41. The highest BCUT2D eigenvalue weighted by atomic mass is 16.1. The van der Waals surface area contributed by atoms with Gasteiger partial charge in [0.15, 0.2) is 11.6 Å². The van der Waals surface area contributed by atoms with E-state index < -0.39 is 0 Å². The zero-order chi connectivity index (χ0) is 15.7. The van der Waals surface area contributed by atoms with Crippen molar-refractivity contribution in [2.45, 2.75) is 27.2 Å². The van der Waals surface area contributed by atoms with Crippen LogP contribution in [0.25, 0.3) is 10.9 Å². The third-order valence-electron chi connectivity index (χ3n) is 3.42. The van der Waals surface area contributed by atoms with E-state index in [2.05, 4.69) is 11.6 Å². The number of carbonyl (C=O) groups excluding carboxylic acids is 2. The SMILES string of the molecule is C=C(C)C(=O)Cc1cc(C)c2c(C(C)=O)cc(=O)[nH]c2c1. The van der Waals surface area contributed by atoms with Crippen LogP contribution in [0.15, 0.2) is 35.1 Å². The number of aryl methyl sites for hydroxylation is 1. The summed E-state index contributed by atoms with van der Waals surface area (Å²) in [4.78, 5) is 37.9. The second-order valence-electron chi connectivity index (χ2n) is 5.32. The average Bonchev–Trinajstić information content (AvgIpc) is 2.36. The Morgan fingerprint density at radius 1 is 1.19 bits per heavy atom. The van der Waals surface area contributed by atoms with Crippen molar-refractivity contribution in [1.29, 1.82) is 0 Å². The fraction of sp³-hybridized carbons (Fsp3) is 0.235. The van der Waals surface area contributed by atoms with Gasteiger partial charge < -0.3 is 4.98 Å². The Morgan fingerprint density at radius 2 is 1.86 bits per heavy atom. The number of aromatic amines is 1. The quantitative estimate of drug-likeness (QED) is 0.693. The molecule has 1 aromatic heterocycles. The number of benzene rings is 1. The molecule has 0 aliphatic heterocycles. The summed E-state index contributed by atoms with van der Waals surface area (Å²) < 4.78 is 0. The van der Waals surface area contributed by atoms with Crippen molar-refractivity contribution >= 4 is 22.5 Å². The van der Waals surface area contributed by atoms with E-state index in [0.29, 0.717) is 16.7 Å². The maximum Gasteiger partial charge on any atom is 0.249 e. The van der Waals surface area contributed by atoms with Gasteiger partial charge in [-0.15, -0.1) is 0 Å². The molecule has 0 aliphatic rings. The van der Waals surface area contributed by atoms with Crippen LogP contribution in [-0.2, 0) is 11.2 Å². The number of rotatable bonds is 4. The number of ketones is 2. The molecule has 108 valence electrons. The third-order valence-corrected chi connectivity index (χ3v) is 3.42. The normalized spacial score (nSPS) is 10.6. The summed E-state index contributed by atoms with van der Waals surface area (Å²) in [5.41, 5.74) is 2.82. The average molecular weight is 283 g/mol. The predicted octanol–water partition coefficient (Wildman–Crippen LogP) is 2.73. The lowest BCUT2D eigenvalue weighted by Crippen LogP contribution is -2.11. The van der Waals surface area contributed by atoms with E-state index in [9.17, 15) is 14.4 Å². The van der Waals surface area contributed by atoms with Crippen LogP contribution >= 0.6 is 0 Å². The molecule has 0 bridgehead atoms. The van der Waals surface area contributed by atoms with Gasteiger partial charge in [-0.25, -0.2) is 0 Å². The van der Waals surface area contributed by atoms with Gasteiger partial charge in [0.1, 0.15) is 0 Å². The minimum absolute atomic E-state index is 0.0428. The minimum Gasteiger partial charge on any atom is -0.322 e. The highest BCUT2D eigenvalue weighted by molar-refractivity contribution is 6.07. The van der Waals surface area contributed by atoms with Crippen LogP contribution < -0.4 is 5.56 Å². The van der Waals surface area contributed by atoms with Gasteiger partial charge in [-0.2, -0.15) is 0 Å². The Labute approximate surface area is 122 Å². The topological polar surface area (TPSA) is 67.0 Å². The molecular formula is C17H17NO3. The van der Waals surface area contributed by atoms with Crippen LogP contribution in [0.1, 0.15) is 35.3 Å². The van der Waals surface area contributed by atoms with Gasteiger partial charge >= 0.3 is 0 Å². The van der Waals surface area contributed by atoms with Gasteiger partial charge in [-0.3, -0.25) is 14.4 Å². The van der Waals surface area contributed by atoms with Crippen molar-refractivity contribution in [2.75, 3.05) is 0 Å². The number of hydrogen-bond acceptors (Lipinski definition) is 3. The van der Waals surface area contributed by atoms with Crippen LogP contribution in [0, 0.1) is 6.92 Å². The first kappa shape index (κ1) is 14.9. The number of allylic oxidation sites excluding steroid dienone is 1. The van der Waals surface area contributed by atoms with E-state index in [1.165, 1.54) is 13.0 Å². The number of aromatic nitrogens is 1. The Bertz CT molecular complexity index is 828. The van der Waals surface area contributed by atoms with Gasteiger partial charge in [0.25, 0.3) is 0 Å². The van der Waals surface area contributed by atoms with Crippen molar-refractivity contribution in [1.82, 2.24) is 4.98 Å². The fourth-order valence-electron chi connectivity index (χ4n) is 2.41. The maximum absolute atomic E-state index is 11.8. The first-order valence-corrected chi connectivity index (χ1v) is 6.66.